The van der Waals surface area contributed by atoms with Gasteiger partial charge in [0, 0.05) is 29.2 Å². The van der Waals surface area contributed by atoms with Gasteiger partial charge >= 0.3 is 0 Å². The third-order valence-corrected chi connectivity index (χ3v) is 5.32. The van der Waals surface area contributed by atoms with Crippen molar-refractivity contribution in [3.8, 4) is 34.5 Å². The molecule has 0 bridgehead atoms. The summed E-state index contributed by atoms with van der Waals surface area (Å²) in [6.07, 6.45) is 3.51. The number of aromatic nitrogens is 2. The van der Waals surface area contributed by atoms with E-state index in [1.807, 2.05) is 60.7 Å². The third-order valence-electron chi connectivity index (χ3n) is 5.32. The van der Waals surface area contributed by atoms with E-state index in [0.717, 1.165) is 33.3 Å². The molecule has 0 saturated carbocycles. The van der Waals surface area contributed by atoms with Crippen LogP contribution in [0.4, 0.5) is 0 Å². The fourth-order valence-corrected chi connectivity index (χ4v) is 3.64. The second-order valence-electron chi connectivity index (χ2n) is 7.85. The lowest BCUT2D eigenvalue weighted by atomic mass is 10.2. The molecule has 0 unspecified atom stereocenters. The zero-order valence-corrected chi connectivity index (χ0v) is 19.2. The average Bonchev–Trinajstić information content (AvgIpc) is 2.91. The van der Waals surface area contributed by atoms with Crippen LogP contribution in [0.25, 0.3) is 21.8 Å². The van der Waals surface area contributed by atoms with E-state index in [1.54, 1.807) is 60.9 Å². The van der Waals surface area contributed by atoms with Crippen molar-refractivity contribution in [3.05, 3.63) is 122 Å². The number of ether oxygens (including phenoxy) is 2. The highest BCUT2D eigenvalue weighted by Gasteiger charge is 2.05. The van der Waals surface area contributed by atoms with Crippen LogP contribution in [-0.4, -0.2) is 20.2 Å². The van der Waals surface area contributed by atoms with Crippen LogP contribution in [-0.2, 0) is 0 Å². The molecule has 6 heteroatoms. The average molecular weight is 475 g/mol. The summed E-state index contributed by atoms with van der Waals surface area (Å²) in [6.45, 7) is 0. The molecule has 6 nitrogen and oxygen atoms in total. The van der Waals surface area contributed by atoms with E-state index in [9.17, 15) is 10.2 Å². The zero-order chi connectivity index (χ0) is 24.7. The monoisotopic (exact) mass is 474 g/mol. The number of phenolic OH excluding ortho intramolecular Hbond substituents is 2. The SMILES string of the molecule is Oc1ccc(Oc2cccc3ncccc23)cc1.Oc1cccc(Oc2cccc3ncccc23)c1. The molecule has 4 aromatic carbocycles. The van der Waals surface area contributed by atoms with Crippen LogP contribution < -0.4 is 9.47 Å². The van der Waals surface area contributed by atoms with Gasteiger partial charge in [-0.05, 0) is 84.9 Å². The van der Waals surface area contributed by atoms with Crippen molar-refractivity contribution in [2.24, 2.45) is 0 Å². The molecular formula is C30H22N2O4. The maximum Gasteiger partial charge on any atom is 0.136 e. The molecule has 0 aliphatic rings. The Hall–Kier alpha value is -5.10. The van der Waals surface area contributed by atoms with E-state index in [4.69, 9.17) is 9.47 Å². The Balaban J connectivity index is 0.000000148. The fourth-order valence-electron chi connectivity index (χ4n) is 3.64. The molecule has 6 aromatic rings. The maximum absolute atomic E-state index is 9.41. The molecule has 0 radical (unpaired) electrons. The summed E-state index contributed by atoms with van der Waals surface area (Å²) in [4.78, 5) is 8.55. The Morgan fingerprint density at radius 1 is 0.472 bits per heavy atom. The summed E-state index contributed by atoms with van der Waals surface area (Å²) in [5, 5.41) is 20.6. The smallest absolute Gasteiger partial charge is 0.136 e. The predicted molar refractivity (Wildman–Crippen MR) is 140 cm³/mol. The molecule has 2 N–H and O–H groups in total. The fraction of sp³-hybridized carbons (Fsp3) is 0. The summed E-state index contributed by atoms with van der Waals surface area (Å²) >= 11 is 0. The Kier molecular flexibility index (Phi) is 6.58. The molecule has 176 valence electrons. The first kappa shape index (κ1) is 22.7. The van der Waals surface area contributed by atoms with Crippen molar-refractivity contribution in [3.63, 3.8) is 0 Å². The lowest BCUT2D eigenvalue weighted by molar-refractivity contribution is 0.457. The first-order chi connectivity index (χ1) is 17.7. The van der Waals surface area contributed by atoms with Crippen molar-refractivity contribution >= 4 is 21.8 Å². The molecular weight excluding hydrogens is 452 g/mol. The van der Waals surface area contributed by atoms with Crippen LogP contribution in [0, 0.1) is 0 Å². The summed E-state index contributed by atoms with van der Waals surface area (Å²) in [5.74, 6) is 3.18. The van der Waals surface area contributed by atoms with Gasteiger partial charge in [-0.3, -0.25) is 9.97 Å². The van der Waals surface area contributed by atoms with Crippen molar-refractivity contribution in [1.82, 2.24) is 9.97 Å². The molecule has 0 saturated heterocycles. The molecule has 2 aromatic heterocycles. The molecule has 2 heterocycles. The second kappa shape index (κ2) is 10.4. The first-order valence-corrected chi connectivity index (χ1v) is 11.3. The number of pyridine rings is 2. The van der Waals surface area contributed by atoms with E-state index in [0.29, 0.717) is 11.5 Å². The maximum atomic E-state index is 9.41. The highest BCUT2D eigenvalue weighted by atomic mass is 16.5. The summed E-state index contributed by atoms with van der Waals surface area (Å²) in [6, 6.07) is 32.5. The Bertz CT molecular complexity index is 1610. The van der Waals surface area contributed by atoms with Crippen molar-refractivity contribution in [1.29, 1.82) is 0 Å². The van der Waals surface area contributed by atoms with E-state index in [2.05, 4.69) is 9.97 Å². The largest absolute Gasteiger partial charge is 0.508 e. The van der Waals surface area contributed by atoms with Gasteiger partial charge in [0.25, 0.3) is 0 Å². The van der Waals surface area contributed by atoms with Gasteiger partial charge in [0.1, 0.15) is 34.5 Å². The molecule has 0 fully saturated rings. The Morgan fingerprint density at radius 2 is 1.03 bits per heavy atom. The first-order valence-electron chi connectivity index (χ1n) is 11.3. The number of hydrogen-bond acceptors (Lipinski definition) is 6. The summed E-state index contributed by atoms with van der Waals surface area (Å²) in [5.41, 5.74) is 1.78. The van der Waals surface area contributed by atoms with Crippen LogP contribution in [0.5, 0.6) is 34.5 Å². The normalized spacial score (nSPS) is 10.4. The highest BCUT2D eigenvalue weighted by molar-refractivity contribution is 5.85. The van der Waals surface area contributed by atoms with Gasteiger partial charge in [-0.2, -0.15) is 0 Å². The van der Waals surface area contributed by atoms with Crippen LogP contribution >= 0.6 is 0 Å². The van der Waals surface area contributed by atoms with Gasteiger partial charge < -0.3 is 19.7 Å². The number of phenols is 2. The predicted octanol–water partition coefficient (Wildman–Crippen LogP) is 7.47. The van der Waals surface area contributed by atoms with Crippen LogP contribution in [0.15, 0.2) is 122 Å². The number of rotatable bonds is 4. The summed E-state index contributed by atoms with van der Waals surface area (Å²) in [7, 11) is 0. The standard InChI is InChI=1S/2C15H11NO2/c17-11-4-1-5-12(10-11)18-15-8-2-7-14-13(15)6-3-9-16-14;17-11-6-8-12(9-7-11)18-15-5-1-4-14-13(15)3-2-10-16-14/h2*1-10,17H. The van der Waals surface area contributed by atoms with Crippen molar-refractivity contribution in [2.75, 3.05) is 0 Å². The van der Waals surface area contributed by atoms with Gasteiger partial charge in [0.2, 0.25) is 0 Å². The van der Waals surface area contributed by atoms with Crippen molar-refractivity contribution in [2.45, 2.75) is 0 Å². The quantitative estimate of drug-likeness (QED) is 0.276. The van der Waals surface area contributed by atoms with E-state index in [1.165, 1.54) is 0 Å². The number of fused-ring (bicyclic) bond motifs is 2. The van der Waals surface area contributed by atoms with Crippen molar-refractivity contribution < 1.29 is 19.7 Å². The third kappa shape index (κ3) is 5.34. The lowest BCUT2D eigenvalue weighted by Gasteiger charge is -2.08. The number of benzene rings is 4. The van der Waals surface area contributed by atoms with Crippen LogP contribution in [0.3, 0.4) is 0 Å². The minimum atomic E-state index is 0.186. The Labute approximate surface area is 207 Å². The van der Waals surface area contributed by atoms with Crippen LogP contribution in [0.1, 0.15) is 0 Å². The van der Waals surface area contributed by atoms with Crippen LogP contribution in [0.2, 0.25) is 0 Å². The molecule has 0 aliphatic carbocycles. The van der Waals surface area contributed by atoms with Gasteiger partial charge in [-0.15, -0.1) is 0 Å². The van der Waals surface area contributed by atoms with E-state index < -0.39 is 0 Å². The number of aromatic hydroxyl groups is 2. The number of nitrogens with zero attached hydrogens (tertiary/aromatic N) is 2. The van der Waals surface area contributed by atoms with Gasteiger partial charge in [0.05, 0.1) is 11.0 Å². The topological polar surface area (TPSA) is 84.7 Å². The van der Waals surface area contributed by atoms with Gasteiger partial charge in [-0.25, -0.2) is 0 Å². The molecule has 6 rings (SSSR count). The van der Waals surface area contributed by atoms with Gasteiger partial charge in [-0.1, -0.05) is 18.2 Å². The molecule has 36 heavy (non-hydrogen) atoms. The lowest BCUT2D eigenvalue weighted by Crippen LogP contribution is -1.86. The van der Waals surface area contributed by atoms with E-state index >= 15 is 0 Å². The minimum Gasteiger partial charge on any atom is -0.508 e. The van der Waals surface area contributed by atoms with E-state index in [-0.39, 0.29) is 11.5 Å². The highest BCUT2D eigenvalue weighted by Crippen LogP contribution is 2.31. The summed E-state index contributed by atoms with van der Waals surface area (Å²) < 4.78 is 11.6. The molecule has 0 spiro atoms. The second-order valence-corrected chi connectivity index (χ2v) is 7.85. The minimum absolute atomic E-state index is 0.186. The van der Waals surface area contributed by atoms with Gasteiger partial charge in [0.15, 0.2) is 0 Å². The Morgan fingerprint density at radius 3 is 1.61 bits per heavy atom. The number of hydrogen-bond donors (Lipinski definition) is 2. The zero-order valence-electron chi connectivity index (χ0n) is 19.2. The molecule has 0 aliphatic heterocycles. The molecule has 0 amide bonds. The molecule has 0 atom stereocenters.